The van der Waals surface area contributed by atoms with Gasteiger partial charge in [0.05, 0.1) is 12.0 Å². The van der Waals surface area contributed by atoms with E-state index >= 15 is 0 Å². The van der Waals surface area contributed by atoms with Gasteiger partial charge in [-0.1, -0.05) is 47.3 Å². The van der Waals surface area contributed by atoms with E-state index in [0.717, 1.165) is 23.1 Å². The Hall–Kier alpha value is -2.87. The minimum Gasteiger partial charge on any atom is -0.461 e. The van der Waals surface area contributed by atoms with E-state index in [1.54, 1.807) is 6.26 Å². The lowest BCUT2D eigenvalue weighted by Crippen LogP contribution is -1.99. The summed E-state index contributed by atoms with van der Waals surface area (Å²) in [5.41, 5.74) is 1.15. The van der Waals surface area contributed by atoms with Crippen molar-refractivity contribution in [3.05, 3.63) is 66.0 Å². The van der Waals surface area contributed by atoms with Gasteiger partial charge in [0.1, 0.15) is 0 Å². The molecule has 132 valence electrons. The highest BCUT2D eigenvalue weighted by molar-refractivity contribution is 7.98. The first-order chi connectivity index (χ1) is 12.8. The highest BCUT2D eigenvalue weighted by Crippen LogP contribution is 2.26. The van der Waals surface area contributed by atoms with Crippen LogP contribution in [-0.4, -0.2) is 24.9 Å². The SMILES string of the molecule is CCn1c(SCc2nc(Cc3ccccc3)no2)nnc1-c1ccco1. The molecule has 0 fully saturated rings. The normalized spacial score (nSPS) is 11.1. The highest BCUT2D eigenvalue weighted by atomic mass is 32.2. The van der Waals surface area contributed by atoms with Crippen LogP contribution in [0.5, 0.6) is 0 Å². The molecule has 0 bridgehead atoms. The van der Waals surface area contributed by atoms with E-state index in [-0.39, 0.29) is 0 Å². The van der Waals surface area contributed by atoms with Gasteiger partial charge in [0.2, 0.25) is 5.89 Å². The molecule has 0 saturated carbocycles. The van der Waals surface area contributed by atoms with Crippen LogP contribution in [-0.2, 0) is 18.7 Å². The number of aromatic nitrogens is 5. The molecule has 0 aliphatic rings. The Kier molecular flexibility index (Phi) is 4.83. The largest absolute Gasteiger partial charge is 0.461 e. The predicted molar refractivity (Wildman–Crippen MR) is 96.5 cm³/mol. The summed E-state index contributed by atoms with van der Waals surface area (Å²) >= 11 is 1.51. The van der Waals surface area contributed by atoms with Crippen molar-refractivity contribution in [1.29, 1.82) is 0 Å². The topological polar surface area (TPSA) is 82.8 Å². The summed E-state index contributed by atoms with van der Waals surface area (Å²) in [4.78, 5) is 4.46. The first-order valence-electron chi connectivity index (χ1n) is 8.28. The Balaban J connectivity index is 1.43. The lowest BCUT2D eigenvalue weighted by molar-refractivity contribution is 0.385. The summed E-state index contributed by atoms with van der Waals surface area (Å²) in [6.45, 7) is 2.79. The Morgan fingerprint density at radius 2 is 1.96 bits per heavy atom. The molecule has 0 N–H and O–H groups in total. The first-order valence-corrected chi connectivity index (χ1v) is 9.27. The van der Waals surface area contributed by atoms with E-state index in [9.17, 15) is 0 Å². The van der Waals surface area contributed by atoms with E-state index in [1.807, 2.05) is 54.0 Å². The smallest absolute Gasteiger partial charge is 0.237 e. The number of thioether (sulfide) groups is 1. The summed E-state index contributed by atoms with van der Waals surface area (Å²) in [7, 11) is 0. The Bertz CT molecular complexity index is 963. The zero-order valence-electron chi connectivity index (χ0n) is 14.2. The summed E-state index contributed by atoms with van der Waals surface area (Å²) in [5.74, 6) is 3.22. The van der Waals surface area contributed by atoms with E-state index in [1.165, 1.54) is 11.8 Å². The molecule has 0 radical (unpaired) electrons. The molecule has 3 heterocycles. The predicted octanol–water partition coefficient (Wildman–Crippen LogP) is 3.82. The molecule has 1 aromatic carbocycles. The fraction of sp³-hybridized carbons (Fsp3) is 0.222. The summed E-state index contributed by atoms with van der Waals surface area (Å²) in [6, 6.07) is 13.8. The van der Waals surface area contributed by atoms with Crippen molar-refractivity contribution >= 4 is 11.8 Å². The maximum Gasteiger partial charge on any atom is 0.237 e. The molecule has 0 amide bonds. The van der Waals surface area contributed by atoms with Crippen LogP contribution >= 0.6 is 11.8 Å². The van der Waals surface area contributed by atoms with Gasteiger partial charge in [0, 0.05) is 13.0 Å². The van der Waals surface area contributed by atoms with Gasteiger partial charge >= 0.3 is 0 Å². The van der Waals surface area contributed by atoms with E-state index < -0.39 is 0 Å². The molecule has 0 aliphatic heterocycles. The summed E-state index contributed by atoms with van der Waals surface area (Å²) < 4.78 is 12.8. The van der Waals surface area contributed by atoms with Gasteiger partial charge in [-0.15, -0.1) is 10.2 Å². The molecule has 8 heteroatoms. The van der Waals surface area contributed by atoms with Crippen LogP contribution in [0.3, 0.4) is 0 Å². The average molecular weight is 367 g/mol. The molecule has 0 saturated heterocycles. The maximum atomic E-state index is 5.42. The van der Waals surface area contributed by atoms with Crippen molar-refractivity contribution in [1.82, 2.24) is 24.9 Å². The van der Waals surface area contributed by atoms with Gasteiger partial charge in [-0.3, -0.25) is 4.57 Å². The number of benzene rings is 1. The molecule has 0 unspecified atom stereocenters. The van der Waals surface area contributed by atoms with Gasteiger partial charge in [-0.25, -0.2) is 0 Å². The fourth-order valence-corrected chi connectivity index (χ4v) is 3.43. The Morgan fingerprint density at radius 1 is 1.08 bits per heavy atom. The van der Waals surface area contributed by atoms with E-state index in [2.05, 4.69) is 20.3 Å². The monoisotopic (exact) mass is 367 g/mol. The molecule has 0 atom stereocenters. The zero-order valence-corrected chi connectivity index (χ0v) is 15.0. The Labute approximate surface area is 154 Å². The second-order valence-corrected chi connectivity index (χ2v) is 6.53. The van der Waals surface area contributed by atoms with Crippen LogP contribution in [0.1, 0.15) is 24.2 Å². The zero-order chi connectivity index (χ0) is 17.8. The van der Waals surface area contributed by atoms with Crippen LogP contribution in [0.15, 0.2) is 62.8 Å². The van der Waals surface area contributed by atoms with Crippen molar-refractivity contribution in [2.24, 2.45) is 0 Å². The van der Waals surface area contributed by atoms with Crippen molar-refractivity contribution in [3.8, 4) is 11.6 Å². The minimum absolute atomic E-state index is 0.540. The molecule has 0 spiro atoms. The molecule has 7 nitrogen and oxygen atoms in total. The summed E-state index contributed by atoms with van der Waals surface area (Å²) in [5, 5.41) is 13.3. The quantitative estimate of drug-likeness (QED) is 0.459. The van der Waals surface area contributed by atoms with Crippen molar-refractivity contribution < 1.29 is 8.94 Å². The number of furan rings is 1. The van der Waals surface area contributed by atoms with Gasteiger partial charge in [0.25, 0.3) is 0 Å². The third kappa shape index (κ3) is 3.55. The molecule has 26 heavy (non-hydrogen) atoms. The molecule has 3 aromatic heterocycles. The minimum atomic E-state index is 0.540. The van der Waals surface area contributed by atoms with Crippen LogP contribution in [0.2, 0.25) is 0 Å². The van der Waals surface area contributed by atoms with Gasteiger partial charge in [-0.2, -0.15) is 4.98 Å². The average Bonchev–Trinajstić information content (AvgIpc) is 3.41. The molecule has 4 aromatic rings. The number of hydrogen-bond donors (Lipinski definition) is 0. The lowest BCUT2D eigenvalue weighted by Gasteiger charge is -2.04. The third-order valence-electron chi connectivity index (χ3n) is 3.81. The van der Waals surface area contributed by atoms with Crippen LogP contribution < -0.4 is 0 Å². The van der Waals surface area contributed by atoms with Gasteiger partial charge in [-0.05, 0) is 24.6 Å². The second kappa shape index (κ2) is 7.57. The van der Waals surface area contributed by atoms with Crippen LogP contribution in [0, 0.1) is 0 Å². The highest BCUT2D eigenvalue weighted by Gasteiger charge is 2.16. The first kappa shape index (κ1) is 16.6. The standard InChI is InChI=1S/C18H17N5O2S/c1-2-23-17(14-9-6-10-24-14)20-21-18(23)26-12-16-19-15(22-25-16)11-13-7-4-3-5-8-13/h3-10H,2,11-12H2,1H3. The lowest BCUT2D eigenvalue weighted by atomic mass is 10.1. The molecular weight excluding hydrogens is 350 g/mol. The number of nitrogens with zero attached hydrogens (tertiary/aromatic N) is 5. The van der Waals surface area contributed by atoms with E-state index in [0.29, 0.717) is 29.6 Å². The second-order valence-electron chi connectivity index (χ2n) is 5.58. The van der Waals surface area contributed by atoms with Gasteiger partial charge < -0.3 is 8.94 Å². The Morgan fingerprint density at radius 3 is 2.73 bits per heavy atom. The number of hydrogen-bond acceptors (Lipinski definition) is 7. The fourth-order valence-electron chi connectivity index (χ4n) is 2.59. The number of rotatable bonds is 7. The third-order valence-corrected chi connectivity index (χ3v) is 4.77. The van der Waals surface area contributed by atoms with Crippen molar-refractivity contribution in [2.75, 3.05) is 0 Å². The van der Waals surface area contributed by atoms with Crippen molar-refractivity contribution in [2.45, 2.75) is 30.8 Å². The molecular formula is C18H17N5O2S. The van der Waals surface area contributed by atoms with Gasteiger partial charge in [0.15, 0.2) is 22.6 Å². The maximum absolute atomic E-state index is 5.42. The molecule has 4 rings (SSSR count). The molecule has 0 aliphatic carbocycles. The van der Waals surface area contributed by atoms with Crippen LogP contribution in [0.4, 0.5) is 0 Å². The van der Waals surface area contributed by atoms with E-state index in [4.69, 9.17) is 8.94 Å². The van der Waals surface area contributed by atoms with Crippen LogP contribution in [0.25, 0.3) is 11.6 Å². The summed E-state index contributed by atoms with van der Waals surface area (Å²) in [6.07, 6.45) is 2.28. The van der Waals surface area contributed by atoms with Crippen molar-refractivity contribution in [3.63, 3.8) is 0 Å².